The van der Waals surface area contributed by atoms with Gasteiger partial charge in [-0.3, -0.25) is 9.20 Å². The number of fused-ring (bicyclic) bond motifs is 1. The van der Waals surface area contributed by atoms with Crippen LogP contribution in [0.5, 0.6) is 0 Å². The maximum Gasteiger partial charge on any atom is 0.237 e. The summed E-state index contributed by atoms with van der Waals surface area (Å²) < 4.78 is 1.93. The molecule has 124 valence electrons. The molecule has 0 aliphatic rings. The van der Waals surface area contributed by atoms with Gasteiger partial charge < -0.3 is 5.32 Å². The van der Waals surface area contributed by atoms with Gasteiger partial charge in [0.15, 0.2) is 5.16 Å². The van der Waals surface area contributed by atoms with E-state index in [1.54, 1.807) is 13.1 Å². The average Bonchev–Trinajstić information content (AvgIpc) is 2.94. The van der Waals surface area contributed by atoms with Crippen LogP contribution in [-0.2, 0) is 4.79 Å². The molecule has 0 bridgehead atoms. The first-order chi connectivity index (χ1) is 11.5. The Morgan fingerprint density at radius 1 is 1.25 bits per heavy atom. The lowest BCUT2D eigenvalue weighted by Gasteiger charge is -2.14. The topological polar surface area (TPSA) is 46.4 Å². The first-order valence-corrected chi connectivity index (χ1v) is 9.01. The summed E-state index contributed by atoms with van der Waals surface area (Å²) >= 11 is 19.4. The van der Waals surface area contributed by atoms with Gasteiger partial charge in [-0.15, -0.1) is 0 Å². The van der Waals surface area contributed by atoms with Crippen LogP contribution < -0.4 is 5.32 Å². The third-order valence-electron chi connectivity index (χ3n) is 3.31. The molecule has 1 amide bonds. The first-order valence-electron chi connectivity index (χ1n) is 7.00. The van der Waals surface area contributed by atoms with Crippen molar-refractivity contribution in [1.82, 2.24) is 9.38 Å². The number of carbonyl (C=O) groups is 1. The van der Waals surface area contributed by atoms with Gasteiger partial charge >= 0.3 is 0 Å². The second-order valence-electron chi connectivity index (χ2n) is 5.03. The van der Waals surface area contributed by atoms with E-state index in [2.05, 4.69) is 10.3 Å². The van der Waals surface area contributed by atoms with Crippen LogP contribution in [0.25, 0.3) is 5.52 Å². The SMILES string of the molecule is CC(Sc1ncc2ccccn12)C(=O)Nc1c(Cl)cc(Cl)cc1Cl. The van der Waals surface area contributed by atoms with Crippen molar-refractivity contribution in [2.45, 2.75) is 17.3 Å². The van der Waals surface area contributed by atoms with E-state index in [1.807, 2.05) is 28.8 Å². The first kappa shape index (κ1) is 17.4. The molecule has 3 rings (SSSR count). The molecule has 1 atom stereocenters. The van der Waals surface area contributed by atoms with Gasteiger partial charge in [-0.1, -0.05) is 52.6 Å². The average molecular weight is 401 g/mol. The van der Waals surface area contributed by atoms with Crippen molar-refractivity contribution in [2.24, 2.45) is 0 Å². The van der Waals surface area contributed by atoms with E-state index in [0.29, 0.717) is 20.8 Å². The van der Waals surface area contributed by atoms with Gasteiger partial charge in [-0.25, -0.2) is 4.98 Å². The van der Waals surface area contributed by atoms with Crippen molar-refractivity contribution < 1.29 is 4.79 Å². The third-order valence-corrected chi connectivity index (χ3v) is 5.21. The van der Waals surface area contributed by atoms with Crippen LogP contribution in [0.1, 0.15) is 6.92 Å². The van der Waals surface area contributed by atoms with Gasteiger partial charge in [0.2, 0.25) is 5.91 Å². The Morgan fingerprint density at radius 2 is 1.96 bits per heavy atom. The molecule has 0 aliphatic carbocycles. The van der Waals surface area contributed by atoms with Crippen LogP contribution in [0.4, 0.5) is 5.69 Å². The summed E-state index contributed by atoms with van der Waals surface area (Å²) in [5.74, 6) is -0.223. The summed E-state index contributed by atoms with van der Waals surface area (Å²) in [5.41, 5.74) is 1.32. The Labute approximate surface area is 158 Å². The molecular weight excluding hydrogens is 389 g/mol. The van der Waals surface area contributed by atoms with Crippen LogP contribution in [0.15, 0.2) is 47.9 Å². The number of imidazole rings is 1. The number of hydrogen-bond acceptors (Lipinski definition) is 3. The van der Waals surface area contributed by atoms with Crippen molar-refractivity contribution in [1.29, 1.82) is 0 Å². The van der Waals surface area contributed by atoms with Crippen molar-refractivity contribution in [3.8, 4) is 0 Å². The van der Waals surface area contributed by atoms with Crippen LogP contribution in [0.3, 0.4) is 0 Å². The maximum atomic E-state index is 12.4. The number of pyridine rings is 1. The number of carbonyl (C=O) groups excluding carboxylic acids is 1. The van der Waals surface area contributed by atoms with Gasteiger partial charge in [0.1, 0.15) is 0 Å². The van der Waals surface area contributed by atoms with Crippen molar-refractivity contribution >= 4 is 63.7 Å². The molecular formula is C16H12Cl3N3OS. The number of nitrogens with one attached hydrogen (secondary N) is 1. The monoisotopic (exact) mass is 399 g/mol. The van der Waals surface area contributed by atoms with E-state index in [0.717, 1.165) is 10.7 Å². The molecule has 3 aromatic rings. The fourth-order valence-corrected chi connectivity index (χ4v) is 3.89. The maximum absolute atomic E-state index is 12.4. The standard InChI is InChI=1S/C16H12Cl3N3OS/c1-9(24-16-20-8-11-4-2-3-5-22(11)16)15(23)21-14-12(18)6-10(17)7-13(14)19/h2-9H,1H3,(H,21,23). The number of anilines is 1. The quantitative estimate of drug-likeness (QED) is 0.595. The highest BCUT2D eigenvalue weighted by Gasteiger charge is 2.19. The summed E-state index contributed by atoms with van der Waals surface area (Å²) in [4.78, 5) is 16.8. The lowest BCUT2D eigenvalue weighted by molar-refractivity contribution is -0.115. The minimum atomic E-state index is -0.390. The molecule has 1 N–H and O–H groups in total. The van der Waals surface area contributed by atoms with Crippen LogP contribution in [0.2, 0.25) is 15.1 Å². The van der Waals surface area contributed by atoms with Crippen LogP contribution >= 0.6 is 46.6 Å². The lowest BCUT2D eigenvalue weighted by atomic mass is 10.3. The predicted octanol–water partition coefficient (Wildman–Crippen LogP) is 5.41. The molecule has 0 fully saturated rings. The van der Waals surface area contributed by atoms with Crippen molar-refractivity contribution in [2.75, 3.05) is 5.32 Å². The van der Waals surface area contributed by atoms with Gasteiger partial charge in [-0.05, 0) is 31.2 Å². The van der Waals surface area contributed by atoms with E-state index < -0.39 is 5.25 Å². The zero-order valence-corrected chi connectivity index (χ0v) is 15.5. The minimum Gasteiger partial charge on any atom is -0.323 e. The molecule has 2 heterocycles. The molecule has 1 aromatic carbocycles. The predicted molar refractivity (Wildman–Crippen MR) is 101 cm³/mol. The van der Waals surface area contributed by atoms with Gasteiger partial charge in [0.25, 0.3) is 0 Å². The van der Waals surface area contributed by atoms with Crippen molar-refractivity contribution in [3.05, 3.63) is 57.8 Å². The van der Waals surface area contributed by atoms with Gasteiger partial charge in [-0.2, -0.15) is 0 Å². The van der Waals surface area contributed by atoms with E-state index >= 15 is 0 Å². The highest BCUT2D eigenvalue weighted by molar-refractivity contribution is 8.00. The molecule has 0 spiro atoms. The zero-order chi connectivity index (χ0) is 17.3. The van der Waals surface area contributed by atoms with Crippen molar-refractivity contribution in [3.63, 3.8) is 0 Å². The number of hydrogen-bond donors (Lipinski definition) is 1. The largest absolute Gasteiger partial charge is 0.323 e. The number of nitrogens with zero attached hydrogens (tertiary/aromatic N) is 2. The number of thioether (sulfide) groups is 1. The summed E-state index contributed by atoms with van der Waals surface area (Å²) in [6.07, 6.45) is 3.67. The van der Waals surface area contributed by atoms with Gasteiger partial charge in [0, 0.05) is 11.2 Å². The molecule has 0 radical (unpaired) electrons. The zero-order valence-electron chi connectivity index (χ0n) is 12.5. The summed E-state index contributed by atoms with van der Waals surface area (Å²) in [7, 11) is 0. The molecule has 0 aliphatic heterocycles. The minimum absolute atomic E-state index is 0.223. The third kappa shape index (κ3) is 3.64. The fourth-order valence-electron chi connectivity index (χ4n) is 2.10. The van der Waals surface area contributed by atoms with E-state index in [1.165, 1.54) is 23.9 Å². The highest BCUT2D eigenvalue weighted by Crippen LogP contribution is 2.34. The lowest BCUT2D eigenvalue weighted by Crippen LogP contribution is -2.23. The molecule has 0 saturated heterocycles. The molecule has 2 aromatic heterocycles. The molecule has 0 saturated carbocycles. The molecule has 24 heavy (non-hydrogen) atoms. The number of halogens is 3. The normalized spacial score (nSPS) is 12.3. The van der Waals surface area contributed by atoms with Crippen LogP contribution in [-0.4, -0.2) is 20.5 Å². The second-order valence-corrected chi connectivity index (χ2v) is 7.59. The summed E-state index contributed by atoms with van der Waals surface area (Å²) in [5, 5.41) is 4.10. The Kier molecular flexibility index (Phi) is 5.25. The second kappa shape index (κ2) is 7.23. The number of rotatable bonds is 4. The van der Waals surface area contributed by atoms with E-state index in [9.17, 15) is 4.79 Å². The Morgan fingerprint density at radius 3 is 2.67 bits per heavy atom. The molecule has 4 nitrogen and oxygen atoms in total. The summed E-state index contributed by atoms with van der Waals surface area (Å²) in [6.45, 7) is 1.79. The smallest absolute Gasteiger partial charge is 0.237 e. The number of benzene rings is 1. The number of aromatic nitrogens is 2. The Hall–Kier alpha value is -1.40. The van der Waals surface area contributed by atoms with Crippen LogP contribution in [0, 0.1) is 0 Å². The van der Waals surface area contributed by atoms with E-state index in [-0.39, 0.29) is 5.91 Å². The van der Waals surface area contributed by atoms with E-state index in [4.69, 9.17) is 34.8 Å². The fraction of sp³-hybridized carbons (Fsp3) is 0.125. The van der Waals surface area contributed by atoms with Gasteiger partial charge in [0.05, 0.1) is 32.7 Å². The molecule has 8 heteroatoms. The summed E-state index contributed by atoms with van der Waals surface area (Å²) in [6, 6.07) is 8.87. The number of amides is 1. The molecule has 1 unspecified atom stereocenters. The Bertz CT molecular complexity index is 889. The highest BCUT2D eigenvalue weighted by atomic mass is 35.5. The Balaban J connectivity index is 1.76.